The normalized spacial score (nSPS) is 11.7. The number of amides is 2. The molecular weight excluding hydrogens is 771 g/mol. The zero-order valence-electron chi connectivity index (χ0n) is 34.3. The number of nitrogens with one attached hydrogen (secondary N) is 3. The van der Waals surface area contributed by atoms with Crippen molar-refractivity contribution in [1.82, 2.24) is 20.6 Å². The van der Waals surface area contributed by atoms with Crippen LogP contribution in [0.5, 0.6) is 5.75 Å². The molecule has 0 aliphatic heterocycles. The first-order valence-electron chi connectivity index (χ1n) is 20.1. The van der Waals surface area contributed by atoms with Gasteiger partial charge in [0.25, 0.3) is 0 Å². The third-order valence-electron chi connectivity index (χ3n) is 9.09. The molecule has 0 spiro atoms. The van der Waals surface area contributed by atoms with Gasteiger partial charge >= 0.3 is 5.97 Å². The largest absolute Gasteiger partial charge is 0.491 e. The highest BCUT2D eigenvalue weighted by molar-refractivity contribution is 6.00. The average Bonchev–Trinajstić information content (AvgIpc) is 3.24. The molecule has 0 fully saturated rings. The van der Waals surface area contributed by atoms with E-state index in [0.717, 1.165) is 45.5 Å². The Hall–Kier alpha value is -5.78. The second kappa shape index (κ2) is 27.1. The number of carboxylic acid groups (broad SMARTS) is 1. The van der Waals surface area contributed by atoms with Crippen LogP contribution in [-0.2, 0) is 33.3 Å². The average molecular weight is 830 g/mol. The number of fused-ring (bicyclic) bond motifs is 1. The number of pyridine rings is 1. The summed E-state index contributed by atoms with van der Waals surface area (Å²) in [6.07, 6.45) is 6.03. The Labute approximate surface area is 351 Å². The highest BCUT2D eigenvalue weighted by Crippen LogP contribution is 2.35. The summed E-state index contributed by atoms with van der Waals surface area (Å²) in [5.74, 6) is 5.39. The first kappa shape index (κ1) is 46.9. The smallest absolute Gasteiger partial charge is 0.305 e. The van der Waals surface area contributed by atoms with E-state index in [0.29, 0.717) is 84.5 Å². The number of hydrogen-bond acceptors (Lipinski definition) is 13. The van der Waals surface area contributed by atoms with Crippen LogP contribution in [0, 0.1) is 6.92 Å². The number of aliphatic carboxylic acids is 1. The van der Waals surface area contributed by atoms with Crippen LogP contribution in [0.2, 0.25) is 0 Å². The number of ether oxygens (including phenoxy) is 5. The van der Waals surface area contributed by atoms with Gasteiger partial charge in [-0.25, -0.2) is 10.8 Å². The van der Waals surface area contributed by atoms with Gasteiger partial charge in [-0.05, 0) is 65.6 Å². The Kier molecular flexibility index (Phi) is 21.2. The van der Waals surface area contributed by atoms with Gasteiger partial charge < -0.3 is 55.5 Å². The monoisotopic (exact) mass is 829 g/mol. The lowest BCUT2D eigenvalue weighted by molar-refractivity contribution is -0.138. The first-order chi connectivity index (χ1) is 29.2. The molecule has 16 heteroatoms. The number of anilines is 1. The molecule has 0 aliphatic rings. The SMILES string of the molecule is Cc1ccnc(NCCCCC(=O)NCC(=O)NC(CC(=O)O)c2ccc(-c3ccc(OCCOCCOCCOCCOCCN(N)/C=C\N)c4ccccc34)cc2)c1. The standard InChI is InChI=1S/C44H59N7O9/c1-33-15-18-48-41(30-33)47-17-5-4-8-42(52)49-32-43(53)50-39(31-44(54)55)35-11-9-34(10-12-35)36-13-14-40(38-7-3-2-6-37(36)38)60-29-28-59-27-26-58-25-24-57-23-22-56-21-20-51(46)19-16-45/h2-3,6-7,9-16,18-19,30,39H,4-5,8,17,20-29,31-32,45-46H2,1H3,(H,47,48)(H,49,52)(H,50,53)(H,54,55)/b19-16-. The highest BCUT2D eigenvalue weighted by Gasteiger charge is 2.19. The molecule has 1 unspecified atom stereocenters. The van der Waals surface area contributed by atoms with Crippen molar-refractivity contribution in [3.63, 3.8) is 0 Å². The Morgan fingerprint density at radius 1 is 0.817 bits per heavy atom. The second-order valence-electron chi connectivity index (χ2n) is 13.8. The van der Waals surface area contributed by atoms with Crippen LogP contribution in [0.3, 0.4) is 0 Å². The zero-order chi connectivity index (χ0) is 42.8. The van der Waals surface area contributed by atoms with Gasteiger partial charge in [0, 0.05) is 36.9 Å². The van der Waals surface area contributed by atoms with E-state index in [1.54, 1.807) is 12.4 Å². The maximum atomic E-state index is 12.8. The third-order valence-corrected chi connectivity index (χ3v) is 9.09. The lowest BCUT2D eigenvalue weighted by atomic mass is 9.95. The quantitative estimate of drug-likeness (QED) is 0.0245. The van der Waals surface area contributed by atoms with Crippen molar-refractivity contribution in [3.05, 3.63) is 103 Å². The molecule has 16 nitrogen and oxygen atoms in total. The van der Waals surface area contributed by atoms with E-state index >= 15 is 0 Å². The Balaban J connectivity index is 1.16. The van der Waals surface area contributed by atoms with Gasteiger partial charge in [0.15, 0.2) is 0 Å². The summed E-state index contributed by atoms with van der Waals surface area (Å²) in [5, 5.41) is 21.6. The number of carbonyl (C=O) groups excluding carboxylic acids is 2. The molecule has 2 amide bonds. The topological polar surface area (TPSA) is 222 Å². The second-order valence-corrected chi connectivity index (χ2v) is 13.8. The molecule has 324 valence electrons. The summed E-state index contributed by atoms with van der Waals surface area (Å²) in [7, 11) is 0. The summed E-state index contributed by atoms with van der Waals surface area (Å²) in [6, 6.07) is 22.4. The maximum absolute atomic E-state index is 12.8. The van der Waals surface area contributed by atoms with Gasteiger partial charge in [0.2, 0.25) is 11.8 Å². The van der Waals surface area contributed by atoms with E-state index in [2.05, 4.69) is 20.9 Å². The van der Waals surface area contributed by atoms with Crippen LogP contribution in [-0.4, -0.2) is 112 Å². The number of hydrazine groups is 1. The molecule has 8 N–H and O–H groups in total. The fourth-order valence-corrected chi connectivity index (χ4v) is 6.07. The number of aromatic nitrogens is 1. The minimum atomic E-state index is -1.06. The van der Waals surface area contributed by atoms with Crippen LogP contribution >= 0.6 is 0 Å². The predicted molar refractivity (Wildman–Crippen MR) is 230 cm³/mol. The summed E-state index contributed by atoms with van der Waals surface area (Å²) in [6.45, 7) is 6.88. The lowest BCUT2D eigenvalue weighted by Gasteiger charge is -2.19. The molecule has 1 atom stereocenters. The Morgan fingerprint density at radius 2 is 1.48 bits per heavy atom. The van der Waals surface area contributed by atoms with E-state index in [-0.39, 0.29) is 25.3 Å². The van der Waals surface area contributed by atoms with Gasteiger partial charge in [0.1, 0.15) is 18.2 Å². The van der Waals surface area contributed by atoms with Crippen LogP contribution in [0.25, 0.3) is 21.9 Å². The number of hydrogen-bond donors (Lipinski definition) is 6. The van der Waals surface area contributed by atoms with Crippen molar-refractivity contribution >= 4 is 34.4 Å². The predicted octanol–water partition coefficient (Wildman–Crippen LogP) is 4.29. The molecule has 0 radical (unpaired) electrons. The van der Waals surface area contributed by atoms with Crippen molar-refractivity contribution < 1.29 is 43.2 Å². The molecule has 4 aromatic rings. The maximum Gasteiger partial charge on any atom is 0.305 e. The summed E-state index contributed by atoms with van der Waals surface area (Å²) < 4.78 is 28.3. The van der Waals surface area contributed by atoms with Crippen molar-refractivity contribution in [1.29, 1.82) is 0 Å². The molecule has 1 heterocycles. The summed E-state index contributed by atoms with van der Waals surface area (Å²) >= 11 is 0. The van der Waals surface area contributed by atoms with Crippen LogP contribution in [0.15, 0.2) is 91.4 Å². The number of carbonyl (C=O) groups is 3. The Morgan fingerprint density at radius 3 is 2.15 bits per heavy atom. The number of aryl methyl sites for hydroxylation is 1. The molecule has 0 saturated carbocycles. The third kappa shape index (κ3) is 17.6. The molecule has 4 rings (SSSR count). The van der Waals surface area contributed by atoms with Crippen LogP contribution < -0.4 is 32.3 Å². The van der Waals surface area contributed by atoms with Crippen LogP contribution in [0.4, 0.5) is 5.82 Å². The number of benzene rings is 3. The first-order valence-corrected chi connectivity index (χ1v) is 20.1. The van der Waals surface area contributed by atoms with Crippen molar-refractivity contribution in [2.24, 2.45) is 11.6 Å². The molecule has 0 bridgehead atoms. The van der Waals surface area contributed by atoms with Gasteiger partial charge in [-0.2, -0.15) is 0 Å². The van der Waals surface area contributed by atoms with Crippen molar-refractivity contribution in [3.8, 4) is 16.9 Å². The summed E-state index contributed by atoms with van der Waals surface area (Å²) in [5.41, 5.74) is 8.90. The van der Waals surface area contributed by atoms with Crippen molar-refractivity contribution in [2.45, 2.75) is 38.6 Å². The van der Waals surface area contributed by atoms with E-state index < -0.39 is 17.9 Å². The molecule has 60 heavy (non-hydrogen) atoms. The fraction of sp³-hybridized carbons (Fsp3) is 0.409. The van der Waals surface area contributed by atoms with Gasteiger partial charge in [0.05, 0.1) is 78.4 Å². The molecule has 3 aromatic carbocycles. The minimum absolute atomic E-state index is 0.248. The van der Waals surface area contributed by atoms with Gasteiger partial charge in [-0.3, -0.25) is 14.4 Å². The summed E-state index contributed by atoms with van der Waals surface area (Å²) in [4.78, 5) is 41.2. The zero-order valence-corrected chi connectivity index (χ0v) is 34.3. The highest BCUT2D eigenvalue weighted by atomic mass is 16.6. The lowest BCUT2D eigenvalue weighted by Crippen LogP contribution is -2.39. The minimum Gasteiger partial charge on any atom is -0.491 e. The van der Waals surface area contributed by atoms with Crippen molar-refractivity contribution in [2.75, 3.05) is 84.4 Å². The van der Waals surface area contributed by atoms with Crippen LogP contribution in [0.1, 0.15) is 42.9 Å². The van der Waals surface area contributed by atoms with E-state index in [1.165, 1.54) is 11.2 Å². The number of rotatable bonds is 30. The molecule has 0 aliphatic carbocycles. The van der Waals surface area contributed by atoms with Gasteiger partial charge in [-0.1, -0.05) is 54.6 Å². The van der Waals surface area contributed by atoms with E-state index in [9.17, 15) is 19.5 Å². The molecule has 0 saturated heterocycles. The number of carboxylic acids is 1. The van der Waals surface area contributed by atoms with E-state index in [4.69, 9.17) is 35.3 Å². The Bertz CT molecular complexity index is 1930. The van der Waals surface area contributed by atoms with E-state index in [1.807, 2.05) is 79.7 Å². The fourth-order valence-electron chi connectivity index (χ4n) is 6.07. The molecular formula is C44H59N7O9. The van der Waals surface area contributed by atoms with Gasteiger partial charge in [-0.15, -0.1) is 0 Å². The number of nitrogens with zero attached hydrogens (tertiary/aromatic N) is 2. The number of nitrogens with two attached hydrogens (primary N) is 2. The molecule has 1 aromatic heterocycles. The number of unbranched alkanes of at least 4 members (excludes halogenated alkanes) is 1.